The predicted octanol–water partition coefficient (Wildman–Crippen LogP) is 3.44. The summed E-state index contributed by atoms with van der Waals surface area (Å²) in [4.78, 5) is 11.1. The normalized spacial score (nSPS) is 14.5. The van der Waals surface area contributed by atoms with Gasteiger partial charge < -0.3 is 9.64 Å². The van der Waals surface area contributed by atoms with E-state index >= 15 is 0 Å². The number of ether oxygens (including phenoxy) is 1. The smallest absolute Gasteiger partial charge is 0.224 e. The van der Waals surface area contributed by atoms with Crippen molar-refractivity contribution in [3.63, 3.8) is 0 Å². The Morgan fingerprint density at radius 1 is 1.14 bits per heavy atom. The third-order valence-electron chi connectivity index (χ3n) is 3.67. The molecule has 0 amide bonds. The first kappa shape index (κ1) is 14.3. The number of benzene rings is 1. The summed E-state index contributed by atoms with van der Waals surface area (Å²) in [7, 11) is 0. The number of aromatic nitrogens is 2. The number of rotatable bonds is 3. The van der Waals surface area contributed by atoms with Gasteiger partial charge in [-0.1, -0.05) is 6.07 Å². The highest BCUT2D eigenvalue weighted by Gasteiger charge is 2.14. The molecule has 22 heavy (non-hydrogen) atoms. The minimum Gasteiger partial charge on any atom is -0.439 e. The Morgan fingerprint density at radius 3 is 2.73 bits per heavy atom. The second-order valence-electron chi connectivity index (χ2n) is 5.40. The number of nitrogens with zero attached hydrogens (tertiary/aromatic N) is 4. The molecule has 1 saturated heterocycles. The van der Waals surface area contributed by atoms with E-state index in [1.165, 1.54) is 19.3 Å². The maximum Gasteiger partial charge on any atom is 0.224 e. The van der Waals surface area contributed by atoms with Crippen LogP contribution in [0.3, 0.4) is 0 Å². The number of piperidine rings is 1. The van der Waals surface area contributed by atoms with Crippen molar-refractivity contribution in [3.05, 3.63) is 41.7 Å². The zero-order valence-electron chi connectivity index (χ0n) is 12.6. The first-order valence-corrected chi connectivity index (χ1v) is 7.53. The van der Waals surface area contributed by atoms with Gasteiger partial charge in [-0.25, -0.2) is 4.98 Å². The van der Waals surface area contributed by atoms with Crippen molar-refractivity contribution in [3.8, 4) is 17.7 Å². The summed E-state index contributed by atoms with van der Waals surface area (Å²) in [6.45, 7) is 3.92. The van der Waals surface area contributed by atoms with Crippen LogP contribution < -0.4 is 9.64 Å². The van der Waals surface area contributed by atoms with Crippen LogP contribution in [0, 0.1) is 18.3 Å². The van der Waals surface area contributed by atoms with E-state index in [0.29, 0.717) is 23.0 Å². The van der Waals surface area contributed by atoms with E-state index in [0.717, 1.165) is 18.9 Å². The van der Waals surface area contributed by atoms with Crippen LogP contribution in [0.4, 0.5) is 5.82 Å². The lowest BCUT2D eigenvalue weighted by Crippen LogP contribution is -2.30. The van der Waals surface area contributed by atoms with Gasteiger partial charge in [-0.15, -0.1) is 0 Å². The monoisotopic (exact) mass is 294 g/mol. The average Bonchev–Trinajstić information content (AvgIpc) is 2.55. The van der Waals surface area contributed by atoms with Crippen molar-refractivity contribution in [2.45, 2.75) is 26.2 Å². The van der Waals surface area contributed by atoms with E-state index in [1.54, 1.807) is 18.2 Å². The Kier molecular flexibility index (Phi) is 4.19. The second-order valence-corrected chi connectivity index (χ2v) is 5.40. The van der Waals surface area contributed by atoms with Crippen LogP contribution in [0.5, 0.6) is 11.6 Å². The molecule has 2 aromatic rings. The highest BCUT2D eigenvalue weighted by Crippen LogP contribution is 2.25. The highest BCUT2D eigenvalue weighted by atomic mass is 16.5. The summed E-state index contributed by atoms with van der Waals surface area (Å²) < 4.78 is 5.80. The lowest BCUT2D eigenvalue weighted by Gasteiger charge is -2.27. The van der Waals surface area contributed by atoms with Crippen LogP contribution in [0.15, 0.2) is 30.3 Å². The summed E-state index contributed by atoms with van der Waals surface area (Å²) in [6.07, 6.45) is 3.68. The molecule has 0 N–H and O–H groups in total. The number of anilines is 1. The van der Waals surface area contributed by atoms with Crippen LogP contribution in [0.1, 0.15) is 30.7 Å². The molecule has 0 unspecified atom stereocenters. The molecule has 0 radical (unpaired) electrons. The fourth-order valence-electron chi connectivity index (χ4n) is 2.61. The first-order valence-electron chi connectivity index (χ1n) is 7.53. The van der Waals surface area contributed by atoms with Crippen molar-refractivity contribution >= 4 is 5.82 Å². The molecule has 0 atom stereocenters. The fraction of sp³-hybridized carbons (Fsp3) is 0.353. The minimum absolute atomic E-state index is 0.517. The Hall–Kier alpha value is -2.61. The fourth-order valence-corrected chi connectivity index (χ4v) is 2.61. The molecule has 112 valence electrons. The number of hydrogen-bond acceptors (Lipinski definition) is 5. The molecule has 1 aromatic carbocycles. The zero-order chi connectivity index (χ0) is 15.4. The van der Waals surface area contributed by atoms with E-state index in [1.807, 2.05) is 19.1 Å². The maximum absolute atomic E-state index is 8.95. The Morgan fingerprint density at radius 2 is 1.95 bits per heavy atom. The topological polar surface area (TPSA) is 62.0 Å². The third kappa shape index (κ3) is 3.34. The number of nitriles is 1. The van der Waals surface area contributed by atoms with Crippen LogP contribution in [-0.2, 0) is 0 Å². The lowest BCUT2D eigenvalue weighted by molar-refractivity contribution is 0.458. The highest BCUT2D eigenvalue weighted by molar-refractivity contribution is 5.44. The summed E-state index contributed by atoms with van der Waals surface area (Å²) >= 11 is 0. The van der Waals surface area contributed by atoms with E-state index in [9.17, 15) is 0 Å². The minimum atomic E-state index is 0.517. The van der Waals surface area contributed by atoms with Gasteiger partial charge in [0.15, 0.2) is 0 Å². The van der Waals surface area contributed by atoms with Crippen molar-refractivity contribution in [2.24, 2.45) is 0 Å². The second kappa shape index (κ2) is 6.44. The molecule has 0 bridgehead atoms. The van der Waals surface area contributed by atoms with Crippen LogP contribution in [0.25, 0.3) is 0 Å². The molecule has 1 fully saturated rings. The predicted molar refractivity (Wildman–Crippen MR) is 84.1 cm³/mol. The van der Waals surface area contributed by atoms with Crippen LogP contribution >= 0.6 is 0 Å². The zero-order valence-corrected chi connectivity index (χ0v) is 12.6. The standard InChI is InChI=1S/C17H18N4O/c1-13-19-16(21-8-3-2-4-9-21)11-17(20-13)22-15-7-5-6-14(10-15)12-18/h5-7,10-11H,2-4,8-9H2,1H3. The van der Waals surface area contributed by atoms with E-state index < -0.39 is 0 Å². The summed E-state index contributed by atoms with van der Waals surface area (Å²) in [5.41, 5.74) is 0.569. The van der Waals surface area contributed by atoms with E-state index in [2.05, 4.69) is 20.9 Å². The molecule has 0 saturated carbocycles. The van der Waals surface area contributed by atoms with Gasteiger partial charge in [-0.2, -0.15) is 10.2 Å². The molecule has 5 heteroatoms. The molecule has 3 rings (SSSR count). The van der Waals surface area contributed by atoms with Crippen molar-refractivity contribution in [1.82, 2.24) is 9.97 Å². The SMILES string of the molecule is Cc1nc(Oc2cccc(C#N)c2)cc(N2CCCCC2)n1. The average molecular weight is 294 g/mol. The lowest BCUT2D eigenvalue weighted by atomic mass is 10.1. The summed E-state index contributed by atoms with van der Waals surface area (Å²) in [6, 6.07) is 11.1. The number of hydrogen-bond donors (Lipinski definition) is 0. The quantitative estimate of drug-likeness (QED) is 0.867. The maximum atomic E-state index is 8.95. The molecule has 1 aliphatic rings. The molecule has 0 spiro atoms. The molecule has 1 aliphatic heterocycles. The summed E-state index contributed by atoms with van der Waals surface area (Å²) in [5.74, 6) is 2.73. The Balaban J connectivity index is 1.84. The first-order chi connectivity index (χ1) is 10.7. The largest absolute Gasteiger partial charge is 0.439 e. The molecular weight excluding hydrogens is 276 g/mol. The van der Waals surface area contributed by atoms with Crippen molar-refractivity contribution in [1.29, 1.82) is 5.26 Å². The summed E-state index contributed by atoms with van der Waals surface area (Å²) in [5, 5.41) is 8.95. The van der Waals surface area contributed by atoms with Gasteiger partial charge in [0.2, 0.25) is 5.88 Å². The van der Waals surface area contributed by atoms with Crippen LogP contribution in [-0.4, -0.2) is 23.1 Å². The van der Waals surface area contributed by atoms with Gasteiger partial charge in [-0.05, 0) is 44.4 Å². The van der Waals surface area contributed by atoms with Gasteiger partial charge in [-0.3, -0.25) is 0 Å². The Labute approximate surface area is 130 Å². The van der Waals surface area contributed by atoms with Gasteiger partial charge in [0, 0.05) is 19.2 Å². The van der Waals surface area contributed by atoms with Gasteiger partial charge in [0.1, 0.15) is 17.4 Å². The van der Waals surface area contributed by atoms with Crippen LogP contribution in [0.2, 0.25) is 0 Å². The van der Waals surface area contributed by atoms with Crippen molar-refractivity contribution in [2.75, 3.05) is 18.0 Å². The molecule has 0 aliphatic carbocycles. The van der Waals surface area contributed by atoms with Crippen molar-refractivity contribution < 1.29 is 4.74 Å². The molecule has 1 aromatic heterocycles. The van der Waals surface area contributed by atoms with E-state index in [4.69, 9.17) is 10.00 Å². The number of aryl methyl sites for hydroxylation is 1. The molecule has 2 heterocycles. The molecular formula is C17H18N4O. The van der Waals surface area contributed by atoms with Gasteiger partial charge in [0.05, 0.1) is 11.6 Å². The Bertz CT molecular complexity index is 702. The van der Waals surface area contributed by atoms with E-state index in [-0.39, 0.29) is 0 Å². The molecule has 5 nitrogen and oxygen atoms in total. The third-order valence-corrected chi connectivity index (χ3v) is 3.67. The van der Waals surface area contributed by atoms with Gasteiger partial charge >= 0.3 is 0 Å². The van der Waals surface area contributed by atoms with Gasteiger partial charge in [0.25, 0.3) is 0 Å².